The molecule has 0 radical (unpaired) electrons. The largest absolute Gasteiger partial charge is 0.480 e. The van der Waals surface area contributed by atoms with Crippen LogP contribution in [0, 0.1) is 0 Å². The standard InChI is InChI=1S/C6H11NO3/c7-5(6(9)10)3-1-2-4-8/h1-2,5,8H,3-4,7H2,(H,9,10)/b2-1-/t5-/m0/s1. The number of hydrogen-bond donors (Lipinski definition) is 3. The summed E-state index contributed by atoms with van der Waals surface area (Å²) in [6, 6.07) is -0.859. The van der Waals surface area contributed by atoms with Crippen molar-refractivity contribution in [2.75, 3.05) is 6.61 Å². The van der Waals surface area contributed by atoms with Crippen molar-refractivity contribution < 1.29 is 15.0 Å². The van der Waals surface area contributed by atoms with Crippen molar-refractivity contribution in [2.45, 2.75) is 12.5 Å². The normalized spacial score (nSPS) is 13.8. The van der Waals surface area contributed by atoms with Crippen LogP contribution in [0.4, 0.5) is 0 Å². The van der Waals surface area contributed by atoms with Crippen LogP contribution in [-0.2, 0) is 4.79 Å². The Bertz CT molecular complexity index is 133. The molecule has 10 heavy (non-hydrogen) atoms. The van der Waals surface area contributed by atoms with Crippen LogP contribution < -0.4 is 5.73 Å². The molecule has 4 N–H and O–H groups in total. The zero-order chi connectivity index (χ0) is 7.98. The predicted molar refractivity (Wildman–Crippen MR) is 36.5 cm³/mol. The number of hydrogen-bond acceptors (Lipinski definition) is 3. The number of carboxylic acid groups (broad SMARTS) is 1. The summed E-state index contributed by atoms with van der Waals surface area (Å²) >= 11 is 0. The summed E-state index contributed by atoms with van der Waals surface area (Å²) in [4.78, 5) is 10.1. The minimum absolute atomic E-state index is 0.0770. The molecule has 0 aromatic heterocycles. The first-order valence-electron chi connectivity index (χ1n) is 2.92. The van der Waals surface area contributed by atoms with Gasteiger partial charge in [0.25, 0.3) is 0 Å². The Hall–Kier alpha value is -0.870. The quantitative estimate of drug-likeness (QED) is 0.458. The smallest absolute Gasteiger partial charge is 0.320 e. The average Bonchev–Trinajstić information content (AvgIpc) is 1.88. The maximum Gasteiger partial charge on any atom is 0.320 e. The SMILES string of the molecule is N[C@@H](C/C=C\CO)C(=O)O. The number of nitrogens with two attached hydrogens (primary N) is 1. The van der Waals surface area contributed by atoms with Crippen LogP contribution in [0.1, 0.15) is 6.42 Å². The van der Waals surface area contributed by atoms with Gasteiger partial charge < -0.3 is 15.9 Å². The third kappa shape index (κ3) is 4.05. The van der Waals surface area contributed by atoms with Crippen LogP contribution in [0.15, 0.2) is 12.2 Å². The second-order valence-electron chi connectivity index (χ2n) is 1.83. The van der Waals surface area contributed by atoms with E-state index in [1.807, 2.05) is 0 Å². The van der Waals surface area contributed by atoms with Gasteiger partial charge in [-0.2, -0.15) is 0 Å². The summed E-state index contributed by atoms with van der Waals surface area (Å²) in [6.45, 7) is -0.0770. The Balaban J connectivity index is 3.48. The lowest BCUT2D eigenvalue weighted by molar-refractivity contribution is -0.138. The third-order valence-electron chi connectivity index (χ3n) is 0.979. The molecule has 0 aromatic carbocycles. The van der Waals surface area contributed by atoms with Crippen LogP contribution in [0.3, 0.4) is 0 Å². The lowest BCUT2D eigenvalue weighted by Crippen LogP contribution is -2.29. The van der Waals surface area contributed by atoms with E-state index in [-0.39, 0.29) is 13.0 Å². The van der Waals surface area contributed by atoms with Crippen molar-refractivity contribution in [1.29, 1.82) is 0 Å². The Morgan fingerprint density at radius 3 is 2.60 bits per heavy atom. The van der Waals surface area contributed by atoms with Gasteiger partial charge in [0.15, 0.2) is 0 Å². The van der Waals surface area contributed by atoms with E-state index in [4.69, 9.17) is 15.9 Å². The molecule has 0 aliphatic carbocycles. The summed E-state index contributed by atoms with van der Waals surface area (Å²) in [5.41, 5.74) is 5.12. The lowest BCUT2D eigenvalue weighted by Gasteiger charge is -1.99. The number of aliphatic hydroxyl groups is 1. The van der Waals surface area contributed by atoms with Crippen LogP contribution in [-0.4, -0.2) is 28.8 Å². The van der Waals surface area contributed by atoms with Gasteiger partial charge in [0, 0.05) is 0 Å². The van der Waals surface area contributed by atoms with Crippen molar-refractivity contribution in [1.82, 2.24) is 0 Å². The average molecular weight is 145 g/mol. The Labute approximate surface area is 59.0 Å². The number of aliphatic carboxylic acids is 1. The first-order chi connectivity index (χ1) is 4.68. The summed E-state index contributed by atoms with van der Waals surface area (Å²) in [5.74, 6) is -1.03. The van der Waals surface area contributed by atoms with Gasteiger partial charge in [-0.3, -0.25) is 4.79 Å². The molecule has 0 fully saturated rings. The molecule has 0 unspecified atom stereocenters. The van der Waals surface area contributed by atoms with E-state index >= 15 is 0 Å². The highest BCUT2D eigenvalue weighted by atomic mass is 16.4. The number of rotatable bonds is 4. The molecule has 0 bridgehead atoms. The third-order valence-corrected chi connectivity index (χ3v) is 0.979. The van der Waals surface area contributed by atoms with Crippen molar-refractivity contribution >= 4 is 5.97 Å². The number of carbonyl (C=O) groups is 1. The Morgan fingerprint density at radius 1 is 1.60 bits per heavy atom. The molecule has 0 saturated carbocycles. The number of aliphatic hydroxyl groups excluding tert-OH is 1. The molecule has 58 valence electrons. The van der Waals surface area contributed by atoms with E-state index in [1.165, 1.54) is 6.08 Å². The van der Waals surface area contributed by atoms with Crippen LogP contribution >= 0.6 is 0 Å². The van der Waals surface area contributed by atoms with Gasteiger partial charge in [-0.05, 0) is 6.42 Å². The van der Waals surface area contributed by atoms with Gasteiger partial charge in [0.2, 0.25) is 0 Å². The maximum atomic E-state index is 10.1. The van der Waals surface area contributed by atoms with Crippen molar-refractivity contribution in [2.24, 2.45) is 5.73 Å². The number of carboxylic acids is 1. The predicted octanol–water partition coefficient (Wildman–Crippen LogP) is -0.663. The summed E-state index contributed by atoms with van der Waals surface area (Å²) < 4.78 is 0. The minimum atomic E-state index is -1.03. The van der Waals surface area contributed by atoms with Gasteiger partial charge in [-0.1, -0.05) is 12.2 Å². The molecule has 0 aromatic rings. The van der Waals surface area contributed by atoms with Gasteiger partial charge in [-0.25, -0.2) is 0 Å². The zero-order valence-electron chi connectivity index (χ0n) is 5.53. The highest BCUT2D eigenvalue weighted by Crippen LogP contribution is 1.88. The molecule has 4 heteroatoms. The molecule has 0 aliphatic rings. The molecule has 4 nitrogen and oxygen atoms in total. The Kier molecular flexibility index (Phi) is 4.53. The maximum absolute atomic E-state index is 10.1. The molecule has 0 heterocycles. The molecule has 0 saturated heterocycles. The summed E-state index contributed by atoms with van der Waals surface area (Å²) in [7, 11) is 0. The molecule has 0 aliphatic heterocycles. The molecular formula is C6H11NO3. The van der Waals surface area contributed by atoms with Crippen molar-refractivity contribution in [3.63, 3.8) is 0 Å². The van der Waals surface area contributed by atoms with Crippen LogP contribution in [0.5, 0.6) is 0 Å². The van der Waals surface area contributed by atoms with E-state index in [0.29, 0.717) is 0 Å². The van der Waals surface area contributed by atoms with E-state index in [2.05, 4.69) is 0 Å². The van der Waals surface area contributed by atoms with Crippen molar-refractivity contribution in [3.05, 3.63) is 12.2 Å². The fourth-order valence-corrected chi connectivity index (χ4v) is 0.418. The molecular weight excluding hydrogens is 134 g/mol. The van der Waals surface area contributed by atoms with Gasteiger partial charge in [0.1, 0.15) is 6.04 Å². The van der Waals surface area contributed by atoms with Crippen LogP contribution in [0.25, 0.3) is 0 Å². The van der Waals surface area contributed by atoms with E-state index < -0.39 is 12.0 Å². The second-order valence-corrected chi connectivity index (χ2v) is 1.83. The highest BCUT2D eigenvalue weighted by Gasteiger charge is 2.07. The van der Waals surface area contributed by atoms with E-state index in [0.717, 1.165) is 0 Å². The van der Waals surface area contributed by atoms with Gasteiger partial charge in [0.05, 0.1) is 6.61 Å². The molecule has 1 atom stereocenters. The molecule has 0 amide bonds. The van der Waals surface area contributed by atoms with Gasteiger partial charge >= 0.3 is 5.97 Å². The van der Waals surface area contributed by atoms with Crippen molar-refractivity contribution in [3.8, 4) is 0 Å². The lowest BCUT2D eigenvalue weighted by atomic mass is 10.2. The summed E-state index contributed by atoms with van der Waals surface area (Å²) in [5, 5.41) is 16.5. The zero-order valence-corrected chi connectivity index (χ0v) is 5.53. The monoisotopic (exact) mass is 145 g/mol. The highest BCUT2D eigenvalue weighted by molar-refractivity contribution is 5.73. The first kappa shape index (κ1) is 9.13. The molecule has 0 spiro atoms. The summed E-state index contributed by atoms with van der Waals surface area (Å²) in [6.07, 6.45) is 3.26. The Morgan fingerprint density at radius 2 is 2.20 bits per heavy atom. The van der Waals surface area contributed by atoms with Crippen LogP contribution in [0.2, 0.25) is 0 Å². The first-order valence-corrected chi connectivity index (χ1v) is 2.92. The topological polar surface area (TPSA) is 83.5 Å². The fourth-order valence-electron chi connectivity index (χ4n) is 0.418. The fraction of sp³-hybridized carbons (Fsp3) is 0.500. The minimum Gasteiger partial charge on any atom is -0.480 e. The van der Waals surface area contributed by atoms with E-state index in [9.17, 15) is 4.79 Å². The second kappa shape index (κ2) is 4.96. The van der Waals surface area contributed by atoms with E-state index in [1.54, 1.807) is 6.08 Å². The van der Waals surface area contributed by atoms with Gasteiger partial charge in [-0.15, -0.1) is 0 Å². The molecule has 0 rings (SSSR count).